The van der Waals surface area contributed by atoms with Gasteiger partial charge < -0.3 is 14.8 Å². The van der Waals surface area contributed by atoms with Gasteiger partial charge in [0.15, 0.2) is 0 Å². The van der Waals surface area contributed by atoms with E-state index in [9.17, 15) is 9.59 Å². The molecule has 1 amide bonds. The first-order valence-corrected chi connectivity index (χ1v) is 5.61. The van der Waals surface area contributed by atoms with Crippen LogP contribution in [0.2, 0.25) is 0 Å². The van der Waals surface area contributed by atoms with Gasteiger partial charge in [-0.05, 0) is 32.9 Å². The molecule has 0 saturated heterocycles. The smallest absolute Gasteiger partial charge is 0.408 e. The van der Waals surface area contributed by atoms with Crippen molar-refractivity contribution in [3.63, 3.8) is 0 Å². The zero-order valence-corrected chi connectivity index (χ0v) is 11.0. The predicted octanol–water partition coefficient (Wildman–Crippen LogP) is 1.37. The molecule has 0 aromatic carbocycles. The molecule has 0 bridgehead atoms. The van der Waals surface area contributed by atoms with Crippen LogP contribution < -0.4 is 5.32 Å². The highest BCUT2D eigenvalue weighted by Crippen LogP contribution is 2.07. The van der Waals surface area contributed by atoms with E-state index >= 15 is 0 Å². The van der Waals surface area contributed by atoms with Crippen molar-refractivity contribution in [2.24, 2.45) is 0 Å². The van der Waals surface area contributed by atoms with Gasteiger partial charge >= 0.3 is 12.1 Å². The maximum atomic E-state index is 11.4. The van der Waals surface area contributed by atoms with Crippen LogP contribution in [0.5, 0.6) is 0 Å². The molecule has 1 atom stereocenters. The summed E-state index contributed by atoms with van der Waals surface area (Å²) >= 11 is 4.00. The molecule has 0 aliphatic carbocycles. The van der Waals surface area contributed by atoms with Crippen LogP contribution in [-0.2, 0) is 14.3 Å². The average Bonchev–Trinajstić information content (AvgIpc) is 2.13. The van der Waals surface area contributed by atoms with Crippen molar-refractivity contribution in [3.05, 3.63) is 0 Å². The third-order valence-electron chi connectivity index (χ3n) is 1.59. The van der Waals surface area contributed by atoms with Crippen LogP contribution in [0.3, 0.4) is 0 Å². The Morgan fingerprint density at radius 2 is 1.94 bits per heavy atom. The zero-order valence-electron chi connectivity index (χ0n) is 10.1. The molecule has 16 heavy (non-hydrogen) atoms. The van der Waals surface area contributed by atoms with Crippen LogP contribution in [0.15, 0.2) is 0 Å². The Labute approximate surface area is 101 Å². The lowest BCUT2D eigenvalue weighted by Crippen LogP contribution is -2.44. The number of methoxy groups -OCH3 is 1. The first-order chi connectivity index (χ1) is 7.30. The van der Waals surface area contributed by atoms with Gasteiger partial charge in [0.1, 0.15) is 11.6 Å². The summed E-state index contributed by atoms with van der Waals surface area (Å²) in [5, 5.41) is 2.44. The highest BCUT2D eigenvalue weighted by molar-refractivity contribution is 7.80. The second kappa shape index (κ2) is 6.62. The second-order valence-electron chi connectivity index (χ2n) is 4.23. The number of rotatable bonds is 4. The van der Waals surface area contributed by atoms with E-state index in [1.54, 1.807) is 20.8 Å². The molecule has 0 spiro atoms. The van der Waals surface area contributed by atoms with Crippen molar-refractivity contribution < 1.29 is 19.1 Å². The molecule has 0 aromatic rings. The Balaban J connectivity index is 4.29. The van der Waals surface area contributed by atoms with Crippen molar-refractivity contribution in [1.82, 2.24) is 5.32 Å². The quantitative estimate of drug-likeness (QED) is 0.583. The van der Waals surface area contributed by atoms with Gasteiger partial charge in [-0.1, -0.05) is 0 Å². The van der Waals surface area contributed by atoms with Gasteiger partial charge in [-0.3, -0.25) is 0 Å². The van der Waals surface area contributed by atoms with Crippen LogP contribution in [0.1, 0.15) is 27.2 Å². The summed E-state index contributed by atoms with van der Waals surface area (Å²) in [5.74, 6) is -0.0323. The number of thiol groups is 1. The summed E-state index contributed by atoms with van der Waals surface area (Å²) in [6, 6.07) is -0.711. The lowest BCUT2D eigenvalue weighted by atomic mass is 10.2. The number of esters is 1. The third-order valence-corrected chi connectivity index (χ3v) is 1.85. The number of hydrogen-bond acceptors (Lipinski definition) is 5. The molecule has 0 aliphatic heterocycles. The summed E-state index contributed by atoms with van der Waals surface area (Å²) in [6.45, 7) is 5.25. The third kappa shape index (κ3) is 6.55. The van der Waals surface area contributed by atoms with Gasteiger partial charge in [-0.15, -0.1) is 0 Å². The van der Waals surface area contributed by atoms with E-state index in [1.165, 1.54) is 7.11 Å². The molecule has 0 aromatic heterocycles. The number of ether oxygens (including phenoxy) is 2. The Morgan fingerprint density at radius 3 is 2.31 bits per heavy atom. The minimum absolute atomic E-state index is 0.398. The topological polar surface area (TPSA) is 64.6 Å². The van der Waals surface area contributed by atoms with Crippen molar-refractivity contribution in [3.8, 4) is 0 Å². The lowest BCUT2D eigenvalue weighted by molar-refractivity contribution is -0.143. The number of alkyl carbamates (subject to hydrolysis) is 1. The fourth-order valence-corrected chi connectivity index (χ4v) is 1.23. The number of carbonyl (C=O) groups excluding carboxylic acids is 2. The molecule has 6 heteroatoms. The van der Waals surface area contributed by atoms with Crippen LogP contribution in [0.25, 0.3) is 0 Å². The fraction of sp³-hybridized carbons (Fsp3) is 0.800. The lowest BCUT2D eigenvalue weighted by Gasteiger charge is -2.22. The van der Waals surface area contributed by atoms with E-state index in [4.69, 9.17) is 4.74 Å². The van der Waals surface area contributed by atoms with Gasteiger partial charge in [0.05, 0.1) is 7.11 Å². The Bertz CT molecular complexity index is 250. The van der Waals surface area contributed by atoms with E-state index in [2.05, 4.69) is 22.7 Å². The summed E-state index contributed by atoms with van der Waals surface area (Å²) in [5.41, 5.74) is -0.592. The normalized spacial score (nSPS) is 12.8. The first kappa shape index (κ1) is 15.1. The van der Waals surface area contributed by atoms with Gasteiger partial charge in [-0.2, -0.15) is 12.6 Å². The molecule has 1 N–H and O–H groups in total. The molecule has 0 heterocycles. The maximum absolute atomic E-state index is 11.4. The summed E-state index contributed by atoms with van der Waals surface area (Å²) in [4.78, 5) is 22.7. The number of carbonyl (C=O) groups is 2. The fourth-order valence-electron chi connectivity index (χ4n) is 0.970. The highest BCUT2D eigenvalue weighted by Gasteiger charge is 2.24. The first-order valence-electron chi connectivity index (χ1n) is 4.98. The standard InChI is InChI=1S/C10H19NO4S/c1-10(2,3)15-9(13)11-7(5-6-16)8(12)14-4/h7,16H,5-6H2,1-4H3,(H,11,13)/t7-/m1/s1. The van der Waals surface area contributed by atoms with Crippen molar-refractivity contribution in [2.75, 3.05) is 12.9 Å². The monoisotopic (exact) mass is 249 g/mol. The molecule has 94 valence electrons. The predicted molar refractivity (Wildman–Crippen MR) is 63.6 cm³/mol. The largest absolute Gasteiger partial charge is 0.467 e. The van der Waals surface area contributed by atoms with Crippen LogP contribution in [0.4, 0.5) is 4.79 Å². The van der Waals surface area contributed by atoms with Crippen LogP contribution in [0, 0.1) is 0 Å². The van der Waals surface area contributed by atoms with Gasteiger partial charge in [0, 0.05) is 0 Å². The molecule has 0 fully saturated rings. The van der Waals surface area contributed by atoms with Gasteiger partial charge in [0.25, 0.3) is 0 Å². The van der Waals surface area contributed by atoms with Crippen molar-refractivity contribution in [2.45, 2.75) is 38.8 Å². The molecular formula is C10H19NO4S. The van der Waals surface area contributed by atoms with E-state index < -0.39 is 23.7 Å². The average molecular weight is 249 g/mol. The minimum Gasteiger partial charge on any atom is -0.467 e. The maximum Gasteiger partial charge on any atom is 0.408 e. The Kier molecular flexibility index (Phi) is 6.25. The van der Waals surface area contributed by atoms with E-state index in [1.807, 2.05) is 0 Å². The molecule has 0 unspecified atom stereocenters. The summed E-state index contributed by atoms with van der Waals surface area (Å²) in [7, 11) is 1.27. The minimum atomic E-state index is -0.711. The van der Waals surface area contributed by atoms with Gasteiger partial charge in [-0.25, -0.2) is 9.59 Å². The zero-order chi connectivity index (χ0) is 12.8. The summed E-state index contributed by atoms with van der Waals surface area (Å²) < 4.78 is 9.58. The van der Waals surface area contributed by atoms with Crippen molar-refractivity contribution >= 4 is 24.7 Å². The molecule has 5 nitrogen and oxygen atoms in total. The second-order valence-corrected chi connectivity index (χ2v) is 4.68. The molecule has 0 aliphatic rings. The van der Waals surface area contributed by atoms with Crippen LogP contribution in [-0.4, -0.2) is 36.6 Å². The number of hydrogen-bond donors (Lipinski definition) is 2. The van der Waals surface area contributed by atoms with E-state index in [0.717, 1.165) is 0 Å². The van der Waals surface area contributed by atoms with Crippen molar-refractivity contribution in [1.29, 1.82) is 0 Å². The SMILES string of the molecule is COC(=O)[C@@H](CCS)NC(=O)OC(C)(C)C. The van der Waals surface area contributed by atoms with Crippen LogP contribution >= 0.6 is 12.6 Å². The number of nitrogens with one attached hydrogen (secondary N) is 1. The molecule has 0 rings (SSSR count). The van der Waals surface area contributed by atoms with E-state index in [0.29, 0.717) is 12.2 Å². The molecular weight excluding hydrogens is 230 g/mol. The Hall–Kier alpha value is -0.910. The van der Waals surface area contributed by atoms with Gasteiger partial charge in [0.2, 0.25) is 0 Å². The Morgan fingerprint density at radius 1 is 1.38 bits per heavy atom. The molecule has 0 radical (unpaired) electrons. The highest BCUT2D eigenvalue weighted by atomic mass is 32.1. The summed E-state index contributed by atoms with van der Waals surface area (Å²) in [6.07, 6.45) is -0.237. The number of amides is 1. The molecule has 0 saturated carbocycles. The van der Waals surface area contributed by atoms with E-state index in [-0.39, 0.29) is 0 Å².